The molecule has 2 aromatic carbocycles. The lowest BCUT2D eigenvalue weighted by atomic mass is 9.93. The molecule has 0 amide bonds. The summed E-state index contributed by atoms with van der Waals surface area (Å²) in [5.74, 6) is 0.474. The molecule has 3 nitrogen and oxygen atoms in total. The highest BCUT2D eigenvalue weighted by Crippen LogP contribution is 2.41. The molecule has 0 bridgehead atoms. The molecular weight excluding hydrogens is 269 g/mol. The minimum Gasteiger partial charge on any atom is -0.508 e. The van der Waals surface area contributed by atoms with E-state index in [0.29, 0.717) is 5.75 Å². The average Bonchev–Trinajstić information content (AvgIpc) is 2.47. The van der Waals surface area contributed by atoms with E-state index in [1.165, 1.54) is 12.1 Å². The Kier molecular flexibility index (Phi) is 3.80. The van der Waals surface area contributed by atoms with E-state index in [2.05, 4.69) is 5.32 Å². The van der Waals surface area contributed by atoms with Gasteiger partial charge in [-0.25, -0.2) is 4.39 Å². The predicted octanol–water partition coefficient (Wildman–Crippen LogP) is 3.71. The highest BCUT2D eigenvalue weighted by molar-refractivity contribution is 5.40. The Morgan fingerprint density at radius 2 is 2.14 bits per heavy atom. The van der Waals surface area contributed by atoms with Gasteiger partial charge in [0, 0.05) is 24.1 Å². The highest BCUT2D eigenvalue weighted by Gasteiger charge is 2.29. The second kappa shape index (κ2) is 5.74. The third kappa shape index (κ3) is 2.85. The molecule has 4 heteroatoms. The first-order chi connectivity index (χ1) is 10.2. The van der Waals surface area contributed by atoms with E-state index < -0.39 is 0 Å². The summed E-state index contributed by atoms with van der Waals surface area (Å²) in [4.78, 5) is 0. The number of fused-ring (bicyclic) bond motifs is 1. The summed E-state index contributed by atoms with van der Waals surface area (Å²) in [6.07, 6.45) is 0.547. The lowest BCUT2D eigenvalue weighted by Gasteiger charge is -2.33. The molecule has 2 atom stereocenters. The van der Waals surface area contributed by atoms with Crippen LogP contribution in [-0.4, -0.2) is 11.7 Å². The number of phenols is 1. The monoisotopic (exact) mass is 287 g/mol. The van der Waals surface area contributed by atoms with Crippen molar-refractivity contribution in [3.63, 3.8) is 0 Å². The first kappa shape index (κ1) is 13.9. The molecule has 0 fully saturated rings. The number of aromatic hydroxyl groups is 1. The minimum atomic E-state index is -0.305. The number of hydrogen-bond donors (Lipinski definition) is 2. The smallest absolute Gasteiger partial charge is 0.127 e. The van der Waals surface area contributed by atoms with Gasteiger partial charge in [0.2, 0.25) is 0 Å². The first-order valence-corrected chi connectivity index (χ1v) is 7.15. The van der Waals surface area contributed by atoms with Gasteiger partial charge in [0.05, 0.1) is 0 Å². The molecule has 2 unspecified atom stereocenters. The zero-order chi connectivity index (χ0) is 14.8. The van der Waals surface area contributed by atoms with Crippen LogP contribution in [0.4, 0.5) is 4.39 Å². The van der Waals surface area contributed by atoms with Crippen molar-refractivity contribution in [2.24, 2.45) is 0 Å². The topological polar surface area (TPSA) is 41.5 Å². The van der Waals surface area contributed by atoms with Crippen molar-refractivity contribution in [2.45, 2.75) is 25.5 Å². The Bertz CT molecular complexity index is 644. The summed E-state index contributed by atoms with van der Waals surface area (Å²) in [6.45, 7) is 2.87. The summed E-state index contributed by atoms with van der Waals surface area (Å²) in [6, 6.07) is 11.8. The number of halogens is 1. The zero-order valence-electron chi connectivity index (χ0n) is 11.8. The molecule has 1 aliphatic heterocycles. The van der Waals surface area contributed by atoms with Gasteiger partial charge in [0.15, 0.2) is 0 Å². The number of hydrogen-bond acceptors (Lipinski definition) is 3. The summed E-state index contributed by atoms with van der Waals surface area (Å²) in [5, 5.41) is 13.0. The molecule has 2 aromatic rings. The van der Waals surface area contributed by atoms with Crippen LogP contribution in [0.5, 0.6) is 11.5 Å². The Morgan fingerprint density at radius 1 is 1.29 bits per heavy atom. The molecule has 110 valence electrons. The fourth-order valence-corrected chi connectivity index (χ4v) is 2.81. The van der Waals surface area contributed by atoms with E-state index in [4.69, 9.17) is 4.74 Å². The number of benzene rings is 2. The standard InChI is InChI=1S/C17H18FNO2/c1-2-19-15-10-16(11-4-3-5-13(20)8-11)21-17-9-12(18)6-7-14(15)17/h3-9,15-16,19-20H,2,10H2,1H3. The third-order valence-electron chi connectivity index (χ3n) is 3.76. The van der Waals surface area contributed by atoms with Gasteiger partial charge in [-0.15, -0.1) is 0 Å². The molecule has 0 aliphatic carbocycles. The highest BCUT2D eigenvalue weighted by atomic mass is 19.1. The molecular formula is C17H18FNO2. The molecule has 1 aliphatic rings. The number of nitrogens with one attached hydrogen (secondary N) is 1. The van der Waals surface area contributed by atoms with Gasteiger partial charge in [-0.05, 0) is 30.3 Å². The Balaban J connectivity index is 1.96. The largest absolute Gasteiger partial charge is 0.508 e. The Morgan fingerprint density at radius 3 is 2.90 bits per heavy atom. The normalized spacial score (nSPS) is 20.7. The van der Waals surface area contributed by atoms with Crippen LogP contribution in [0.15, 0.2) is 42.5 Å². The van der Waals surface area contributed by atoms with E-state index >= 15 is 0 Å². The molecule has 1 heterocycles. The number of ether oxygens (including phenoxy) is 1. The van der Waals surface area contributed by atoms with Crippen LogP contribution >= 0.6 is 0 Å². The van der Waals surface area contributed by atoms with Crippen molar-refractivity contribution < 1.29 is 14.2 Å². The van der Waals surface area contributed by atoms with Crippen LogP contribution in [0.2, 0.25) is 0 Å². The summed E-state index contributed by atoms with van der Waals surface area (Å²) in [5.41, 5.74) is 1.88. The fourth-order valence-electron chi connectivity index (χ4n) is 2.81. The summed E-state index contributed by atoms with van der Waals surface area (Å²) < 4.78 is 19.4. The predicted molar refractivity (Wildman–Crippen MR) is 78.9 cm³/mol. The van der Waals surface area contributed by atoms with Crippen LogP contribution in [0.3, 0.4) is 0 Å². The molecule has 0 spiro atoms. The number of rotatable bonds is 3. The first-order valence-electron chi connectivity index (χ1n) is 7.15. The summed E-state index contributed by atoms with van der Waals surface area (Å²) in [7, 11) is 0. The van der Waals surface area contributed by atoms with E-state index in [1.54, 1.807) is 24.3 Å². The van der Waals surface area contributed by atoms with Gasteiger partial charge in [-0.2, -0.15) is 0 Å². The number of phenolic OH excluding ortho intramolecular Hbond substituents is 1. The minimum absolute atomic E-state index is 0.117. The fraction of sp³-hybridized carbons (Fsp3) is 0.294. The SMILES string of the molecule is CCNC1CC(c2cccc(O)c2)Oc2cc(F)ccc21. The van der Waals surface area contributed by atoms with Gasteiger partial charge >= 0.3 is 0 Å². The molecule has 3 rings (SSSR count). The molecule has 2 N–H and O–H groups in total. The maximum atomic E-state index is 13.5. The van der Waals surface area contributed by atoms with E-state index in [-0.39, 0.29) is 23.7 Å². The lowest BCUT2D eigenvalue weighted by Crippen LogP contribution is -2.29. The van der Waals surface area contributed by atoms with Crippen molar-refractivity contribution in [3.8, 4) is 11.5 Å². The Hall–Kier alpha value is -2.07. The van der Waals surface area contributed by atoms with Crippen molar-refractivity contribution in [2.75, 3.05) is 6.54 Å². The molecule has 0 radical (unpaired) electrons. The van der Waals surface area contributed by atoms with Crippen LogP contribution in [0.25, 0.3) is 0 Å². The maximum Gasteiger partial charge on any atom is 0.127 e. The second-order valence-corrected chi connectivity index (χ2v) is 5.23. The van der Waals surface area contributed by atoms with Crippen LogP contribution in [0, 0.1) is 5.82 Å². The quantitative estimate of drug-likeness (QED) is 0.904. The van der Waals surface area contributed by atoms with Crippen LogP contribution in [0.1, 0.15) is 36.6 Å². The summed E-state index contributed by atoms with van der Waals surface area (Å²) >= 11 is 0. The zero-order valence-corrected chi connectivity index (χ0v) is 11.8. The molecule has 21 heavy (non-hydrogen) atoms. The van der Waals surface area contributed by atoms with Crippen LogP contribution < -0.4 is 10.1 Å². The molecule has 0 saturated carbocycles. The van der Waals surface area contributed by atoms with Gasteiger partial charge in [0.25, 0.3) is 0 Å². The second-order valence-electron chi connectivity index (χ2n) is 5.23. The van der Waals surface area contributed by atoms with Gasteiger partial charge in [-0.3, -0.25) is 0 Å². The third-order valence-corrected chi connectivity index (χ3v) is 3.76. The maximum absolute atomic E-state index is 13.5. The van der Waals surface area contributed by atoms with E-state index in [9.17, 15) is 9.50 Å². The van der Waals surface area contributed by atoms with Crippen LogP contribution in [-0.2, 0) is 0 Å². The van der Waals surface area contributed by atoms with Gasteiger partial charge < -0.3 is 15.2 Å². The molecule has 0 aromatic heterocycles. The molecule has 0 saturated heterocycles. The Labute approximate surface area is 123 Å². The average molecular weight is 287 g/mol. The lowest BCUT2D eigenvalue weighted by molar-refractivity contribution is 0.151. The van der Waals surface area contributed by atoms with Gasteiger partial charge in [-0.1, -0.05) is 25.1 Å². The van der Waals surface area contributed by atoms with E-state index in [0.717, 1.165) is 24.1 Å². The van der Waals surface area contributed by atoms with Gasteiger partial charge in [0.1, 0.15) is 23.4 Å². The van der Waals surface area contributed by atoms with Crippen molar-refractivity contribution >= 4 is 0 Å². The van der Waals surface area contributed by atoms with Crippen molar-refractivity contribution in [1.82, 2.24) is 5.32 Å². The van der Waals surface area contributed by atoms with E-state index in [1.807, 2.05) is 13.0 Å². The van der Waals surface area contributed by atoms with Crippen molar-refractivity contribution in [3.05, 3.63) is 59.4 Å². The van der Waals surface area contributed by atoms with Crippen molar-refractivity contribution in [1.29, 1.82) is 0 Å².